The van der Waals surface area contributed by atoms with Crippen LogP contribution in [0.1, 0.15) is 13.8 Å². The average Bonchev–Trinajstić information content (AvgIpc) is 2.62. The van der Waals surface area contributed by atoms with Gasteiger partial charge in [-0.05, 0) is 55.5 Å². The number of amides is 2. The number of hydrogen-bond donors (Lipinski definition) is 2. The number of esters is 1. The van der Waals surface area contributed by atoms with Crippen molar-refractivity contribution in [3.63, 3.8) is 0 Å². The van der Waals surface area contributed by atoms with Gasteiger partial charge in [0.05, 0.1) is 0 Å². The molecule has 2 rings (SSSR count). The molecule has 0 saturated heterocycles. The van der Waals surface area contributed by atoms with Crippen molar-refractivity contribution in [3.05, 3.63) is 53.6 Å². The molecule has 27 heavy (non-hydrogen) atoms. The number of ether oxygens (including phenoxy) is 2. The fraction of sp³-hybridized carbons (Fsp3) is 0.211. The van der Waals surface area contributed by atoms with Gasteiger partial charge in [0.15, 0.2) is 12.7 Å². The van der Waals surface area contributed by atoms with Crippen LogP contribution in [-0.2, 0) is 19.1 Å². The maximum atomic E-state index is 11.9. The Labute approximate surface area is 161 Å². The molecule has 2 amide bonds. The van der Waals surface area contributed by atoms with Crippen LogP contribution in [0, 0.1) is 0 Å². The Morgan fingerprint density at radius 1 is 0.963 bits per heavy atom. The van der Waals surface area contributed by atoms with Crippen molar-refractivity contribution in [1.29, 1.82) is 0 Å². The summed E-state index contributed by atoms with van der Waals surface area (Å²) in [7, 11) is 0. The fourth-order valence-electron chi connectivity index (χ4n) is 2.06. The number of nitrogens with one attached hydrogen (secondary N) is 2. The third-order valence-electron chi connectivity index (χ3n) is 3.29. The van der Waals surface area contributed by atoms with Gasteiger partial charge in [-0.25, -0.2) is 4.79 Å². The summed E-state index contributed by atoms with van der Waals surface area (Å²) in [5.41, 5.74) is 1.12. The molecule has 0 aliphatic carbocycles. The molecular formula is C19H19ClN2O5. The first-order valence-electron chi connectivity index (χ1n) is 8.10. The number of benzene rings is 2. The summed E-state index contributed by atoms with van der Waals surface area (Å²) in [4.78, 5) is 34.8. The predicted molar refractivity (Wildman–Crippen MR) is 102 cm³/mol. The zero-order chi connectivity index (χ0) is 19.8. The van der Waals surface area contributed by atoms with Crippen LogP contribution in [-0.4, -0.2) is 30.5 Å². The van der Waals surface area contributed by atoms with E-state index in [0.29, 0.717) is 22.1 Å². The van der Waals surface area contributed by atoms with Crippen molar-refractivity contribution in [1.82, 2.24) is 0 Å². The van der Waals surface area contributed by atoms with Gasteiger partial charge in [-0.15, -0.1) is 0 Å². The van der Waals surface area contributed by atoms with Crippen LogP contribution < -0.4 is 15.4 Å². The minimum Gasteiger partial charge on any atom is -0.479 e. The molecule has 142 valence electrons. The molecule has 2 aromatic rings. The highest BCUT2D eigenvalue weighted by Gasteiger charge is 2.18. The van der Waals surface area contributed by atoms with Crippen molar-refractivity contribution in [2.75, 3.05) is 17.2 Å². The Kier molecular flexibility index (Phi) is 7.19. The van der Waals surface area contributed by atoms with Gasteiger partial charge in [0.2, 0.25) is 5.91 Å². The first-order chi connectivity index (χ1) is 12.8. The lowest BCUT2D eigenvalue weighted by Gasteiger charge is -2.14. The second-order valence-corrected chi connectivity index (χ2v) is 6.06. The Bertz CT molecular complexity index is 806. The van der Waals surface area contributed by atoms with Gasteiger partial charge < -0.3 is 20.1 Å². The lowest BCUT2D eigenvalue weighted by molar-refractivity contribution is -0.153. The monoisotopic (exact) mass is 390 g/mol. The Balaban J connectivity index is 1.77. The van der Waals surface area contributed by atoms with E-state index < -0.39 is 24.6 Å². The molecule has 2 N–H and O–H groups in total. The van der Waals surface area contributed by atoms with E-state index in [9.17, 15) is 14.4 Å². The van der Waals surface area contributed by atoms with Crippen LogP contribution in [0.3, 0.4) is 0 Å². The van der Waals surface area contributed by atoms with E-state index in [-0.39, 0.29) is 5.91 Å². The van der Waals surface area contributed by atoms with Gasteiger partial charge in [0.25, 0.3) is 5.91 Å². The van der Waals surface area contributed by atoms with E-state index in [1.54, 1.807) is 48.5 Å². The van der Waals surface area contributed by atoms with Crippen LogP contribution >= 0.6 is 11.6 Å². The van der Waals surface area contributed by atoms with Crippen molar-refractivity contribution < 1.29 is 23.9 Å². The van der Waals surface area contributed by atoms with Gasteiger partial charge in [-0.2, -0.15) is 0 Å². The number of anilines is 2. The molecule has 0 fully saturated rings. The Hall–Kier alpha value is -3.06. The number of carbonyl (C=O) groups excluding carboxylic acids is 3. The topological polar surface area (TPSA) is 93.7 Å². The van der Waals surface area contributed by atoms with Crippen molar-refractivity contribution in [2.24, 2.45) is 0 Å². The maximum absolute atomic E-state index is 11.9. The summed E-state index contributed by atoms with van der Waals surface area (Å²) in [6.45, 7) is 2.48. The molecular weight excluding hydrogens is 372 g/mol. The summed E-state index contributed by atoms with van der Waals surface area (Å²) in [6.07, 6.45) is -0.879. The van der Waals surface area contributed by atoms with Gasteiger partial charge in [0, 0.05) is 23.3 Å². The van der Waals surface area contributed by atoms with Crippen molar-refractivity contribution in [2.45, 2.75) is 20.0 Å². The highest BCUT2D eigenvalue weighted by atomic mass is 35.5. The molecule has 8 heteroatoms. The Morgan fingerprint density at radius 3 is 2.07 bits per heavy atom. The molecule has 0 heterocycles. The molecule has 0 aromatic heterocycles. The van der Waals surface area contributed by atoms with E-state index >= 15 is 0 Å². The Morgan fingerprint density at radius 2 is 1.52 bits per heavy atom. The summed E-state index contributed by atoms with van der Waals surface area (Å²) in [5.74, 6) is -0.878. The molecule has 0 saturated carbocycles. The summed E-state index contributed by atoms with van der Waals surface area (Å²) in [6, 6.07) is 13.1. The molecule has 0 unspecified atom stereocenters. The smallest absolute Gasteiger partial charge is 0.347 e. The van der Waals surface area contributed by atoms with E-state index in [1.807, 2.05) is 0 Å². The van der Waals surface area contributed by atoms with Gasteiger partial charge in [-0.3, -0.25) is 9.59 Å². The fourth-order valence-corrected chi connectivity index (χ4v) is 2.18. The van der Waals surface area contributed by atoms with Crippen LogP contribution in [0.2, 0.25) is 5.02 Å². The lowest BCUT2D eigenvalue weighted by atomic mass is 10.2. The quantitative estimate of drug-likeness (QED) is 0.708. The predicted octanol–water partition coefficient (Wildman–Crippen LogP) is 3.25. The zero-order valence-corrected chi connectivity index (χ0v) is 15.6. The largest absolute Gasteiger partial charge is 0.479 e. The van der Waals surface area contributed by atoms with Crippen LogP contribution in [0.4, 0.5) is 11.4 Å². The summed E-state index contributed by atoms with van der Waals surface area (Å²) in [5, 5.41) is 5.76. The molecule has 7 nitrogen and oxygen atoms in total. The van der Waals surface area contributed by atoms with Gasteiger partial charge in [0.1, 0.15) is 5.75 Å². The van der Waals surface area contributed by atoms with Crippen molar-refractivity contribution >= 4 is 40.8 Å². The van der Waals surface area contributed by atoms with Crippen molar-refractivity contribution in [3.8, 4) is 5.75 Å². The minimum atomic E-state index is -0.879. The van der Waals surface area contributed by atoms with E-state index in [2.05, 4.69) is 10.6 Å². The molecule has 0 aliphatic rings. The minimum absolute atomic E-state index is 0.186. The van der Waals surface area contributed by atoms with E-state index in [0.717, 1.165) is 0 Å². The van der Waals surface area contributed by atoms with Gasteiger partial charge >= 0.3 is 5.97 Å². The van der Waals surface area contributed by atoms with Crippen LogP contribution in [0.15, 0.2) is 48.5 Å². The lowest BCUT2D eigenvalue weighted by Crippen LogP contribution is -2.29. The second-order valence-electron chi connectivity index (χ2n) is 5.63. The zero-order valence-electron chi connectivity index (χ0n) is 14.8. The number of carbonyl (C=O) groups is 3. The molecule has 0 spiro atoms. The molecule has 1 atom stereocenters. The SMILES string of the molecule is CC(=O)Nc1ccc(NC(=O)COC(=O)[C@@H](C)Oc2ccc(Cl)cc2)cc1. The molecule has 0 radical (unpaired) electrons. The molecule has 2 aromatic carbocycles. The summed E-state index contributed by atoms with van der Waals surface area (Å²) >= 11 is 5.78. The third-order valence-corrected chi connectivity index (χ3v) is 3.54. The van der Waals surface area contributed by atoms with Gasteiger partial charge in [-0.1, -0.05) is 11.6 Å². The highest BCUT2D eigenvalue weighted by Crippen LogP contribution is 2.17. The summed E-state index contributed by atoms with van der Waals surface area (Å²) < 4.78 is 10.4. The molecule has 0 bridgehead atoms. The maximum Gasteiger partial charge on any atom is 0.347 e. The van der Waals surface area contributed by atoms with E-state index in [1.165, 1.54) is 13.8 Å². The number of hydrogen-bond acceptors (Lipinski definition) is 5. The average molecular weight is 391 g/mol. The van der Waals surface area contributed by atoms with E-state index in [4.69, 9.17) is 21.1 Å². The second kappa shape index (κ2) is 9.59. The van der Waals surface area contributed by atoms with Crippen LogP contribution in [0.5, 0.6) is 5.75 Å². The highest BCUT2D eigenvalue weighted by molar-refractivity contribution is 6.30. The first kappa shape index (κ1) is 20.3. The first-order valence-corrected chi connectivity index (χ1v) is 8.47. The number of halogens is 1. The third kappa shape index (κ3) is 6.99. The molecule has 0 aliphatic heterocycles. The van der Waals surface area contributed by atoms with Crippen LogP contribution in [0.25, 0.3) is 0 Å². The normalized spacial score (nSPS) is 11.2. The standard InChI is InChI=1S/C19H19ClN2O5/c1-12(27-17-9-3-14(20)4-10-17)19(25)26-11-18(24)22-16-7-5-15(6-8-16)21-13(2)23/h3-10,12H,11H2,1-2H3,(H,21,23)(H,22,24)/t12-/m1/s1. The number of rotatable bonds is 7.